The van der Waals surface area contributed by atoms with Gasteiger partial charge in [0.05, 0.1) is 22.7 Å². The van der Waals surface area contributed by atoms with Crippen molar-refractivity contribution in [3.05, 3.63) is 47.4 Å². The summed E-state index contributed by atoms with van der Waals surface area (Å²) in [5.41, 5.74) is 2.21. The number of amides is 2. The van der Waals surface area contributed by atoms with Crippen molar-refractivity contribution in [1.82, 2.24) is 15.0 Å². The van der Waals surface area contributed by atoms with Crippen LogP contribution in [0, 0.1) is 12.8 Å². The molecule has 0 aliphatic heterocycles. The number of H-pyrrole nitrogens is 1. The van der Waals surface area contributed by atoms with Crippen LogP contribution in [0.4, 0.5) is 15.6 Å². The average molecular weight is 500 g/mol. The van der Waals surface area contributed by atoms with E-state index >= 15 is 0 Å². The van der Waals surface area contributed by atoms with Crippen LogP contribution in [0.1, 0.15) is 59.0 Å². The van der Waals surface area contributed by atoms with E-state index in [4.69, 9.17) is 4.74 Å². The first-order valence-corrected chi connectivity index (χ1v) is 12.7. The normalized spacial score (nSPS) is 13.6. The summed E-state index contributed by atoms with van der Waals surface area (Å²) in [7, 11) is 0. The largest absolute Gasteiger partial charge is 0.461 e. The van der Waals surface area contributed by atoms with Crippen molar-refractivity contribution in [1.29, 1.82) is 0 Å². The number of Topliss-reactive ketones (excluding diaryl/α,β-unsaturated/α-hetero) is 1. The summed E-state index contributed by atoms with van der Waals surface area (Å²) < 4.78 is 5.70. The molecule has 0 bridgehead atoms. The molecule has 4 rings (SSSR count). The van der Waals surface area contributed by atoms with Crippen molar-refractivity contribution < 1.29 is 19.1 Å². The molecule has 9 nitrogen and oxygen atoms in total. The Bertz CT molecular complexity index is 1200. The van der Waals surface area contributed by atoms with Crippen molar-refractivity contribution in [2.75, 3.05) is 17.2 Å². The van der Waals surface area contributed by atoms with E-state index in [0.29, 0.717) is 21.5 Å². The predicted octanol–water partition coefficient (Wildman–Crippen LogP) is 5.52. The number of carbonyl (C=O) groups excluding carboxylic acids is 3. The van der Waals surface area contributed by atoms with E-state index in [9.17, 15) is 14.4 Å². The van der Waals surface area contributed by atoms with Gasteiger partial charge in [0.25, 0.3) is 0 Å². The van der Waals surface area contributed by atoms with Crippen LogP contribution in [-0.4, -0.2) is 39.3 Å². The molecule has 1 aliphatic rings. The van der Waals surface area contributed by atoms with Gasteiger partial charge in [-0.2, -0.15) is 0 Å². The first-order valence-electron chi connectivity index (χ1n) is 11.0. The molecule has 1 aromatic carbocycles. The van der Waals surface area contributed by atoms with Crippen LogP contribution >= 0.6 is 23.1 Å². The molecule has 178 valence electrons. The van der Waals surface area contributed by atoms with E-state index in [0.717, 1.165) is 35.5 Å². The summed E-state index contributed by atoms with van der Waals surface area (Å²) in [6.07, 6.45) is 7.03. The van der Waals surface area contributed by atoms with Gasteiger partial charge in [0.1, 0.15) is 0 Å². The van der Waals surface area contributed by atoms with E-state index in [-0.39, 0.29) is 24.0 Å². The van der Waals surface area contributed by atoms with Crippen LogP contribution in [0.3, 0.4) is 0 Å². The second-order valence-corrected chi connectivity index (χ2v) is 10.2. The molecule has 0 saturated heterocycles. The molecule has 3 aromatic rings. The molecule has 11 heteroatoms. The van der Waals surface area contributed by atoms with Crippen molar-refractivity contribution in [2.45, 2.75) is 48.9 Å². The monoisotopic (exact) mass is 499 g/mol. The molecule has 2 amide bonds. The van der Waals surface area contributed by atoms with E-state index in [2.05, 4.69) is 25.6 Å². The number of rotatable bonds is 8. The lowest BCUT2D eigenvalue weighted by molar-refractivity contribution is 0.0519. The number of hydrogen-bond acceptors (Lipinski definition) is 8. The summed E-state index contributed by atoms with van der Waals surface area (Å²) in [4.78, 5) is 48.7. The SMILES string of the molecule is CCOC(=O)c1c[nH]c(Sc2cnc(NC(=O)Nc3ccc(C)cc3C(=O)C3CCCC3)s2)n1. The Kier molecular flexibility index (Phi) is 7.63. The van der Waals surface area contributed by atoms with Crippen LogP contribution in [0.5, 0.6) is 0 Å². The maximum absolute atomic E-state index is 13.0. The van der Waals surface area contributed by atoms with Crippen molar-refractivity contribution >= 4 is 51.7 Å². The second kappa shape index (κ2) is 10.8. The Morgan fingerprint density at radius 1 is 1.24 bits per heavy atom. The van der Waals surface area contributed by atoms with Gasteiger partial charge in [0.15, 0.2) is 21.8 Å². The molecule has 1 aliphatic carbocycles. The molecule has 2 heterocycles. The highest BCUT2D eigenvalue weighted by atomic mass is 32.2. The number of imidazole rings is 1. The highest BCUT2D eigenvalue weighted by Crippen LogP contribution is 2.33. The lowest BCUT2D eigenvalue weighted by Gasteiger charge is -2.14. The Morgan fingerprint density at radius 3 is 2.79 bits per heavy atom. The van der Waals surface area contributed by atoms with Crippen LogP contribution in [0.2, 0.25) is 0 Å². The smallest absolute Gasteiger partial charge is 0.358 e. The number of thiazole rings is 1. The second-order valence-electron chi connectivity index (χ2n) is 7.87. The highest BCUT2D eigenvalue weighted by molar-refractivity contribution is 8.01. The summed E-state index contributed by atoms with van der Waals surface area (Å²) >= 11 is 2.55. The fourth-order valence-corrected chi connectivity index (χ4v) is 5.50. The fraction of sp³-hybridized carbons (Fsp3) is 0.348. The molecular weight excluding hydrogens is 474 g/mol. The zero-order valence-corrected chi connectivity index (χ0v) is 20.5. The number of hydrogen-bond donors (Lipinski definition) is 3. The number of esters is 1. The Balaban J connectivity index is 1.38. The predicted molar refractivity (Wildman–Crippen MR) is 131 cm³/mol. The van der Waals surface area contributed by atoms with Gasteiger partial charge in [0, 0.05) is 17.7 Å². The quantitative estimate of drug-likeness (QED) is 0.275. The first kappa shape index (κ1) is 24.0. The molecule has 1 saturated carbocycles. The zero-order chi connectivity index (χ0) is 24.1. The summed E-state index contributed by atoms with van der Waals surface area (Å²) in [5, 5.41) is 6.42. The van der Waals surface area contributed by atoms with Gasteiger partial charge < -0.3 is 15.0 Å². The van der Waals surface area contributed by atoms with Gasteiger partial charge >= 0.3 is 12.0 Å². The third-order valence-corrected chi connectivity index (χ3v) is 7.27. The van der Waals surface area contributed by atoms with Crippen molar-refractivity contribution in [3.8, 4) is 0 Å². The van der Waals surface area contributed by atoms with Crippen LogP contribution in [0.25, 0.3) is 0 Å². The van der Waals surface area contributed by atoms with Crippen LogP contribution in [-0.2, 0) is 4.74 Å². The molecule has 1 fully saturated rings. The maximum atomic E-state index is 13.0. The number of nitrogens with one attached hydrogen (secondary N) is 3. The number of anilines is 2. The third-order valence-electron chi connectivity index (χ3n) is 5.36. The molecule has 0 radical (unpaired) electrons. The number of carbonyl (C=O) groups is 3. The lowest BCUT2D eigenvalue weighted by atomic mass is 9.94. The molecule has 34 heavy (non-hydrogen) atoms. The fourth-order valence-electron chi connectivity index (χ4n) is 3.76. The van der Waals surface area contributed by atoms with E-state index in [1.54, 1.807) is 19.2 Å². The van der Waals surface area contributed by atoms with Gasteiger partial charge in [-0.3, -0.25) is 10.1 Å². The van der Waals surface area contributed by atoms with Gasteiger partial charge in [-0.25, -0.2) is 19.6 Å². The average Bonchev–Trinajstić information content (AvgIpc) is 3.57. The molecule has 3 N–H and O–H groups in total. The first-order chi connectivity index (χ1) is 16.4. The number of aromatic nitrogens is 3. The minimum atomic E-state index is -0.490. The minimum Gasteiger partial charge on any atom is -0.461 e. The summed E-state index contributed by atoms with van der Waals surface area (Å²) in [5.74, 6) is -0.379. The molecule has 0 atom stereocenters. The number of ether oxygens (including phenoxy) is 1. The molecule has 2 aromatic heterocycles. The third kappa shape index (κ3) is 5.84. The Hall–Kier alpha value is -3.18. The van der Waals surface area contributed by atoms with Crippen molar-refractivity contribution in [2.24, 2.45) is 5.92 Å². The van der Waals surface area contributed by atoms with Crippen molar-refractivity contribution in [3.63, 3.8) is 0 Å². The van der Waals surface area contributed by atoms with E-state index < -0.39 is 12.0 Å². The van der Waals surface area contributed by atoms with Gasteiger partial charge in [-0.15, -0.1) is 0 Å². The van der Waals surface area contributed by atoms with Gasteiger partial charge in [0.2, 0.25) is 0 Å². The standard InChI is InChI=1S/C23H25N5O4S2/c1-3-32-20(30)17-11-24-22(27-17)33-18-12-25-23(34-18)28-21(31)26-16-9-8-13(2)10-15(16)19(29)14-6-4-5-7-14/h8-12,14H,3-7H2,1-2H3,(H,24,27)(H2,25,26,28,31). The van der Waals surface area contributed by atoms with Crippen LogP contribution in [0.15, 0.2) is 40.0 Å². The number of aryl methyl sites for hydroxylation is 1. The number of benzene rings is 1. The minimum absolute atomic E-state index is 0.0231. The lowest BCUT2D eigenvalue weighted by Crippen LogP contribution is -2.22. The topological polar surface area (TPSA) is 126 Å². The molecule has 0 unspecified atom stereocenters. The van der Waals surface area contributed by atoms with E-state index in [1.807, 2.05) is 19.1 Å². The zero-order valence-electron chi connectivity index (χ0n) is 18.8. The summed E-state index contributed by atoms with van der Waals surface area (Å²) in [6.45, 7) is 3.94. The van der Waals surface area contributed by atoms with E-state index in [1.165, 1.54) is 29.3 Å². The number of nitrogens with zero attached hydrogens (tertiary/aromatic N) is 2. The highest BCUT2D eigenvalue weighted by Gasteiger charge is 2.26. The molecule has 0 spiro atoms. The Morgan fingerprint density at radius 2 is 2.03 bits per heavy atom. The molecular formula is C23H25N5O4S2. The Labute approximate surface area is 205 Å². The maximum Gasteiger partial charge on any atom is 0.358 e. The van der Waals surface area contributed by atoms with Crippen LogP contribution < -0.4 is 10.6 Å². The number of aromatic amines is 1. The van der Waals surface area contributed by atoms with Gasteiger partial charge in [-0.1, -0.05) is 35.8 Å². The number of urea groups is 1. The van der Waals surface area contributed by atoms with Gasteiger partial charge in [-0.05, 0) is 50.6 Å². The summed E-state index contributed by atoms with van der Waals surface area (Å²) in [6, 6.07) is 4.99. The number of ketones is 1.